The minimum atomic E-state index is -0.316. The minimum Gasteiger partial charge on any atom is -0.485 e. The molecule has 4 rings (SSSR count). The van der Waals surface area contributed by atoms with Gasteiger partial charge >= 0.3 is 0 Å². The van der Waals surface area contributed by atoms with E-state index in [1.807, 2.05) is 42.2 Å². The molecule has 3 aromatic rings. The molecule has 1 atom stereocenters. The number of fused-ring (bicyclic) bond motifs is 1. The van der Waals surface area contributed by atoms with Crippen LogP contribution in [0.25, 0.3) is 5.69 Å². The van der Waals surface area contributed by atoms with Gasteiger partial charge in [0.2, 0.25) is 0 Å². The van der Waals surface area contributed by atoms with Crippen LogP contribution in [0.3, 0.4) is 0 Å². The molecule has 0 spiro atoms. The smallest absolute Gasteiger partial charge is 0.192 e. The number of para-hydroxylation sites is 2. The molecule has 2 aromatic heterocycles. The Labute approximate surface area is 146 Å². The number of ether oxygens (including phenoxy) is 2. The Bertz CT molecular complexity index is 883. The summed E-state index contributed by atoms with van der Waals surface area (Å²) >= 11 is 0. The Balaban J connectivity index is 1.72. The lowest BCUT2D eigenvalue weighted by Gasteiger charge is -2.25. The van der Waals surface area contributed by atoms with Crippen LogP contribution in [0.5, 0.6) is 11.5 Å². The Morgan fingerprint density at radius 3 is 2.76 bits per heavy atom. The Hall–Kier alpha value is -2.83. The molecule has 1 aromatic carbocycles. The quantitative estimate of drug-likeness (QED) is 0.731. The summed E-state index contributed by atoms with van der Waals surface area (Å²) in [5.41, 5.74) is 0.863. The van der Waals surface area contributed by atoms with Crippen molar-refractivity contribution in [1.82, 2.24) is 24.5 Å². The highest BCUT2D eigenvalue weighted by molar-refractivity contribution is 5.41. The molecule has 1 aliphatic heterocycles. The van der Waals surface area contributed by atoms with Gasteiger partial charge in [0.15, 0.2) is 29.3 Å². The zero-order chi connectivity index (χ0) is 17.4. The monoisotopic (exact) mass is 339 g/mol. The lowest BCUT2D eigenvalue weighted by Crippen LogP contribution is -2.24. The zero-order valence-corrected chi connectivity index (χ0v) is 14.6. The highest BCUT2D eigenvalue weighted by Crippen LogP contribution is 2.35. The molecule has 130 valence electrons. The molecule has 0 radical (unpaired) electrons. The fourth-order valence-electron chi connectivity index (χ4n) is 2.88. The maximum atomic E-state index is 6.13. The molecule has 3 heterocycles. The van der Waals surface area contributed by atoms with Crippen LogP contribution in [0.2, 0.25) is 0 Å². The molecule has 0 saturated heterocycles. The Morgan fingerprint density at radius 2 is 2.04 bits per heavy atom. The van der Waals surface area contributed by atoms with Gasteiger partial charge in [-0.2, -0.15) is 10.2 Å². The van der Waals surface area contributed by atoms with E-state index in [4.69, 9.17) is 14.5 Å². The summed E-state index contributed by atoms with van der Waals surface area (Å²) < 4.78 is 15.5. The van der Waals surface area contributed by atoms with Crippen molar-refractivity contribution >= 4 is 0 Å². The Kier molecular flexibility index (Phi) is 3.91. The summed E-state index contributed by atoms with van der Waals surface area (Å²) in [4.78, 5) is 4.74. The van der Waals surface area contributed by atoms with Crippen LogP contribution in [-0.4, -0.2) is 31.2 Å². The molecule has 7 nitrogen and oxygen atoms in total. The number of nitrogens with zero attached hydrogens (tertiary/aromatic N) is 5. The first kappa shape index (κ1) is 15.7. The Morgan fingerprint density at radius 1 is 1.24 bits per heavy atom. The third-order valence-electron chi connectivity index (χ3n) is 4.00. The molecule has 0 amide bonds. The van der Waals surface area contributed by atoms with Gasteiger partial charge in [0, 0.05) is 13.5 Å². The molecule has 0 N–H and O–H groups in total. The first-order valence-corrected chi connectivity index (χ1v) is 8.43. The van der Waals surface area contributed by atoms with E-state index in [0.29, 0.717) is 12.5 Å². The molecule has 0 bridgehead atoms. The molecular weight excluding hydrogens is 318 g/mol. The predicted molar refractivity (Wildman–Crippen MR) is 92.0 cm³/mol. The standard InChI is InChI=1S/C18H21N5O2/c1-12(2)8-17-20-18(23(21-17)13-9-19-22(3)10-13)16-11-24-14-6-4-5-7-15(14)25-16/h4-7,9-10,12,16H,8,11H2,1-3H3. The van der Waals surface area contributed by atoms with Crippen molar-refractivity contribution < 1.29 is 9.47 Å². The van der Waals surface area contributed by atoms with Gasteiger partial charge in [-0.25, -0.2) is 9.67 Å². The number of rotatable bonds is 4. The van der Waals surface area contributed by atoms with E-state index < -0.39 is 0 Å². The van der Waals surface area contributed by atoms with Gasteiger partial charge < -0.3 is 9.47 Å². The summed E-state index contributed by atoms with van der Waals surface area (Å²) in [5.74, 6) is 3.50. The SMILES string of the molecule is CC(C)Cc1nc(C2COc3ccccc3O2)n(-c2cnn(C)c2)n1. The molecule has 0 fully saturated rings. The summed E-state index contributed by atoms with van der Waals surface area (Å²) in [7, 11) is 1.88. The second kappa shape index (κ2) is 6.23. The van der Waals surface area contributed by atoms with E-state index in [2.05, 4.69) is 24.0 Å². The number of benzene rings is 1. The first-order valence-electron chi connectivity index (χ1n) is 8.43. The summed E-state index contributed by atoms with van der Waals surface area (Å²) in [6.45, 7) is 4.71. The fourth-order valence-corrected chi connectivity index (χ4v) is 2.88. The van der Waals surface area contributed by atoms with E-state index in [9.17, 15) is 0 Å². The van der Waals surface area contributed by atoms with Crippen LogP contribution in [0.15, 0.2) is 36.7 Å². The second-order valence-corrected chi connectivity index (χ2v) is 6.63. The molecular formula is C18H21N5O2. The van der Waals surface area contributed by atoms with Gasteiger partial charge in [0.05, 0.1) is 12.4 Å². The first-order chi connectivity index (χ1) is 12.1. The number of hydrogen-bond donors (Lipinski definition) is 0. The lowest BCUT2D eigenvalue weighted by molar-refractivity contribution is 0.0835. The van der Waals surface area contributed by atoms with Crippen LogP contribution < -0.4 is 9.47 Å². The van der Waals surface area contributed by atoms with Crippen molar-refractivity contribution in [3.05, 3.63) is 48.3 Å². The van der Waals surface area contributed by atoms with Crippen molar-refractivity contribution in [1.29, 1.82) is 0 Å². The average Bonchev–Trinajstić information content (AvgIpc) is 3.20. The van der Waals surface area contributed by atoms with Crippen molar-refractivity contribution in [2.24, 2.45) is 13.0 Å². The van der Waals surface area contributed by atoms with Crippen LogP contribution in [0.4, 0.5) is 0 Å². The van der Waals surface area contributed by atoms with E-state index >= 15 is 0 Å². The normalized spacial score (nSPS) is 16.4. The highest BCUT2D eigenvalue weighted by Gasteiger charge is 2.28. The number of aromatic nitrogens is 5. The van der Waals surface area contributed by atoms with Crippen LogP contribution in [0.1, 0.15) is 31.6 Å². The number of hydrogen-bond acceptors (Lipinski definition) is 5. The molecule has 0 aliphatic carbocycles. The van der Waals surface area contributed by atoms with Crippen molar-refractivity contribution in [3.8, 4) is 17.2 Å². The van der Waals surface area contributed by atoms with E-state index in [1.54, 1.807) is 10.9 Å². The van der Waals surface area contributed by atoms with Crippen molar-refractivity contribution in [2.75, 3.05) is 6.61 Å². The van der Waals surface area contributed by atoms with Crippen LogP contribution >= 0.6 is 0 Å². The largest absolute Gasteiger partial charge is 0.485 e. The summed E-state index contributed by atoms with van der Waals surface area (Å²) in [6.07, 6.45) is 4.18. The third-order valence-corrected chi connectivity index (χ3v) is 4.00. The topological polar surface area (TPSA) is 67.0 Å². The fraction of sp³-hybridized carbons (Fsp3) is 0.389. The van der Waals surface area contributed by atoms with E-state index in [-0.39, 0.29) is 6.10 Å². The van der Waals surface area contributed by atoms with Crippen LogP contribution in [0, 0.1) is 5.92 Å². The van der Waals surface area contributed by atoms with Gasteiger partial charge in [-0.05, 0) is 18.1 Å². The third kappa shape index (κ3) is 3.09. The minimum absolute atomic E-state index is 0.316. The van der Waals surface area contributed by atoms with Gasteiger partial charge in [-0.15, -0.1) is 0 Å². The maximum Gasteiger partial charge on any atom is 0.192 e. The van der Waals surface area contributed by atoms with Crippen LogP contribution in [-0.2, 0) is 13.5 Å². The van der Waals surface area contributed by atoms with Gasteiger partial charge in [0.1, 0.15) is 12.3 Å². The maximum absolute atomic E-state index is 6.13. The zero-order valence-electron chi connectivity index (χ0n) is 14.6. The molecule has 1 unspecified atom stereocenters. The molecule has 7 heteroatoms. The second-order valence-electron chi connectivity index (χ2n) is 6.63. The highest BCUT2D eigenvalue weighted by atomic mass is 16.6. The van der Waals surface area contributed by atoms with Crippen molar-refractivity contribution in [2.45, 2.75) is 26.4 Å². The van der Waals surface area contributed by atoms with Gasteiger partial charge in [-0.1, -0.05) is 26.0 Å². The molecule has 25 heavy (non-hydrogen) atoms. The number of aryl methyl sites for hydroxylation is 1. The predicted octanol–water partition coefficient (Wildman–Crippen LogP) is 2.71. The summed E-state index contributed by atoms with van der Waals surface area (Å²) in [5, 5.41) is 8.92. The van der Waals surface area contributed by atoms with Gasteiger partial charge in [-0.3, -0.25) is 4.68 Å². The molecule has 0 saturated carbocycles. The summed E-state index contributed by atoms with van der Waals surface area (Å²) in [6, 6.07) is 7.67. The molecule has 1 aliphatic rings. The van der Waals surface area contributed by atoms with Crippen molar-refractivity contribution in [3.63, 3.8) is 0 Å². The van der Waals surface area contributed by atoms with E-state index in [1.165, 1.54) is 0 Å². The van der Waals surface area contributed by atoms with E-state index in [0.717, 1.165) is 35.3 Å². The lowest BCUT2D eigenvalue weighted by atomic mass is 10.1. The average molecular weight is 339 g/mol. The van der Waals surface area contributed by atoms with Gasteiger partial charge in [0.25, 0.3) is 0 Å².